The number of aryl methyl sites for hydroxylation is 1. The lowest BCUT2D eigenvalue weighted by Gasteiger charge is -2.22. The quantitative estimate of drug-likeness (QED) is 0.228. The van der Waals surface area contributed by atoms with Crippen LogP contribution < -0.4 is 19.7 Å². The van der Waals surface area contributed by atoms with Gasteiger partial charge in [0.25, 0.3) is 0 Å². The van der Waals surface area contributed by atoms with Crippen LogP contribution >= 0.6 is 11.8 Å². The van der Waals surface area contributed by atoms with Gasteiger partial charge in [0.05, 0.1) is 17.1 Å². The van der Waals surface area contributed by atoms with Crippen LogP contribution in [0.15, 0.2) is 78.0 Å². The molecule has 1 aliphatic rings. The van der Waals surface area contributed by atoms with E-state index in [2.05, 4.69) is 25.1 Å². The van der Waals surface area contributed by atoms with Crippen LogP contribution in [0.4, 0.5) is 29.3 Å². The van der Waals surface area contributed by atoms with Gasteiger partial charge in [0, 0.05) is 5.69 Å². The number of ether oxygens (including phenoxy) is 2. The number of urea groups is 1. The number of thioether (sulfide) groups is 1. The van der Waals surface area contributed by atoms with Crippen molar-refractivity contribution in [3.63, 3.8) is 0 Å². The summed E-state index contributed by atoms with van der Waals surface area (Å²) in [6.45, 7) is 6.17. The van der Waals surface area contributed by atoms with E-state index in [0.29, 0.717) is 16.5 Å². The summed E-state index contributed by atoms with van der Waals surface area (Å²) in [6.07, 6.45) is -3.40. The zero-order chi connectivity index (χ0) is 31.4. The lowest BCUT2D eigenvalue weighted by atomic mass is 9.99. The lowest BCUT2D eigenvalue weighted by molar-refractivity contribution is -0.274. The molecule has 0 aliphatic carbocycles. The standard InChI is InChI=1S/C30H27F3N6O4S/c1-18(2)24-13-4-19(3)14-25(24)39-26(40)16-44-29(39)36-27(41)35-21-7-5-20(6-8-21)15-42-28-34-17-38(37-28)22-9-11-23(12-10-22)43-30(31,32)33/h4-14,17-18H,15-16H2,1-3H3,(H,35,41). The molecular formula is C30H27F3N6O4S. The summed E-state index contributed by atoms with van der Waals surface area (Å²) in [5, 5.41) is 7.22. The van der Waals surface area contributed by atoms with E-state index in [9.17, 15) is 22.8 Å². The molecule has 5 rings (SSSR count). The topological polar surface area (TPSA) is 111 Å². The zero-order valence-electron chi connectivity index (χ0n) is 23.8. The highest BCUT2D eigenvalue weighted by Crippen LogP contribution is 2.34. The summed E-state index contributed by atoms with van der Waals surface area (Å²) in [6, 6.07) is 17.4. The van der Waals surface area contributed by atoms with Crippen LogP contribution in [-0.2, 0) is 11.4 Å². The molecule has 1 saturated heterocycles. The third kappa shape index (κ3) is 7.56. The second-order valence-electron chi connectivity index (χ2n) is 10.1. The first-order valence-corrected chi connectivity index (χ1v) is 14.4. The Bertz CT molecular complexity index is 1690. The summed E-state index contributed by atoms with van der Waals surface area (Å²) in [5.41, 5.74) is 4.46. The van der Waals surface area contributed by atoms with Crippen molar-refractivity contribution in [2.45, 2.75) is 39.7 Å². The van der Waals surface area contributed by atoms with Gasteiger partial charge in [0.15, 0.2) is 5.17 Å². The number of hydrogen-bond donors (Lipinski definition) is 1. The van der Waals surface area contributed by atoms with Gasteiger partial charge in [0.1, 0.15) is 18.7 Å². The second kappa shape index (κ2) is 12.8. The van der Waals surface area contributed by atoms with Crippen LogP contribution in [0.5, 0.6) is 11.8 Å². The molecule has 3 aromatic carbocycles. The Hall–Kier alpha value is -4.85. The highest BCUT2D eigenvalue weighted by molar-refractivity contribution is 8.15. The van der Waals surface area contributed by atoms with E-state index in [4.69, 9.17) is 4.74 Å². The first-order chi connectivity index (χ1) is 20.9. The summed E-state index contributed by atoms with van der Waals surface area (Å²) in [5.74, 6) is -0.105. The number of nitrogens with one attached hydrogen (secondary N) is 1. The number of anilines is 2. The first kappa shape index (κ1) is 30.6. The van der Waals surface area contributed by atoms with Gasteiger partial charge in [-0.05, 0) is 72.0 Å². The Morgan fingerprint density at radius 3 is 2.50 bits per heavy atom. The summed E-state index contributed by atoms with van der Waals surface area (Å²) >= 11 is 1.22. The fourth-order valence-electron chi connectivity index (χ4n) is 4.33. The Morgan fingerprint density at radius 2 is 1.82 bits per heavy atom. The van der Waals surface area contributed by atoms with Crippen LogP contribution in [-0.4, -0.2) is 44.0 Å². The van der Waals surface area contributed by atoms with E-state index in [0.717, 1.165) is 22.4 Å². The van der Waals surface area contributed by atoms with Gasteiger partial charge in [-0.15, -0.1) is 18.3 Å². The number of carbonyl (C=O) groups is 2. The lowest BCUT2D eigenvalue weighted by Crippen LogP contribution is -2.31. The molecule has 1 fully saturated rings. The van der Waals surface area contributed by atoms with Crippen molar-refractivity contribution in [2.75, 3.05) is 16.0 Å². The normalized spacial score (nSPS) is 14.4. The number of hydrogen-bond acceptors (Lipinski definition) is 7. The van der Waals surface area contributed by atoms with Gasteiger partial charge in [-0.3, -0.25) is 9.69 Å². The fraction of sp³-hybridized carbons (Fsp3) is 0.233. The molecule has 0 atom stereocenters. The number of aliphatic imine (C=N–C) groups is 1. The Morgan fingerprint density at radius 1 is 1.09 bits per heavy atom. The van der Waals surface area contributed by atoms with Gasteiger partial charge in [0.2, 0.25) is 5.91 Å². The monoisotopic (exact) mass is 624 g/mol. The van der Waals surface area contributed by atoms with Crippen LogP contribution in [0.3, 0.4) is 0 Å². The van der Waals surface area contributed by atoms with Crippen molar-refractivity contribution in [1.29, 1.82) is 0 Å². The summed E-state index contributed by atoms with van der Waals surface area (Å²) < 4.78 is 47.9. The number of alkyl halides is 3. The van der Waals surface area contributed by atoms with Crippen molar-refractivity contribution in [3.8, 4) is 17.4 Å². The molecule has 1 aliphatic heterocycles. The van der Waals surface area contributed by atoms with E-state index >= 15 is 0 Å². The van der Waals surface area contributed by atoms with E-state index in [1.807, 2.05) is 39.0 Å². The number of carbonyl (C=O) groups excluding carboxylic acids is 2. The highest BCUT2D eigenvalue weighted by Gasteiger charge is 2.33. The average molecular weight is 625 g/mol. The summed E-state index contributed by atoms with van der Waals surface area (Å²) in [7, 11) is 0. The van der Waals surface area contributed by atoms with Gasteiger partial charge in [-0.25, -0.2) is 9.48 Å². The molecule has 14 heteroatoms. The minimum absolute atomic E-state index is 0.0659. The first-order valence-electron chi connectivity index (χ1n) is 13.4. The maximum absolute atomic E-state index is 12.8. The van der Waals surface area contributed by atoms with Gasteiger partial charge in [-0.2, -0.15) is 9.98 Å². The van der Waals surface area contributed by atoms with Crippen molar-refractivity contribution < 1.29 is 32.2 Å². The predicted octanol–water partition coefficient (Wildman–Crippen LogP) is 6.84. The smallest absolute Gasteiger partial charge is 0.458 e. The molecule has 44 heavy (non-hydrogen) atoms. The third-order valence-electron chi connectivity index (χ3n) is 6.39. The number of aromatic nitrogens is 3. The van der Waals surface area contributed by atoms with Crippen LogP contribution in [0, 0.1) is 6.92 Å². The predicted molar refractivity (Wildman–Crippen MR) is 160 cm³/mol. The van der Waals surface area contributed by atoms with Crippen molar-refractivity contribution in [3.05, 3.63) is 89.7 Å². The van der Waals surface area contributed by atoms with Gasteiger partial charge < -0.3 is 14.8 Å². The number of benzene rings is 3. The van der Waals surface area contributed by atoms with Crippen LogP contribution in [0.25, 0.3) is 5.69 Å². The van der Waals surface area contributed by atoms with E-state index in [1.54, 1.807) is 24.3 Å². The zero-order valence-corrected chi connectivity index (χ0v) is 24.6. The van der Waals surface area contributed by atoms with Gasteiger partial charge in [-0.1, -0.05) is 49.9 Å². The molecular weight excluding hydrogens is 597 g/mol. The van der Waals surface area contributed by atoms with Crippen molar-refractivity contribution in [2.24, 2.45) is 4.99 Å². The van der Waals surface area contributed by atoms with E-state index in [-0.39, 0.29) is 35.9 Å². The average Bonchev–Trinajstić information content (AvgIpc) is 3.58. The number of halogens is 3. The molecule has 1 N–H and O–H groups in total. The molecule has 0 spiro atoms. The number of rotatable bonds is 8. The van der Waals surface area contributed by atoms with Crippen molar-refractivity contribution >= 4 is 40.2 Å². The Labute approximate surface area is 254 Å². The number of amides is 3. The van der Waals surface area contributed by atoms with Crippen LogP contribution in [0.1, 0.15) is 36.5 Å². The Kier molecular flexibility index (Phi) is 8.90. The molecule has 4 aromatic rings. The molecule has 0 saturated carbocycles. The molecule has 0 unspecified atom stereocenters. The fourth-order valence-corrected chi connectivity index (χ4v) is 5.19. The minimum atomic E-state index is -4.77. The molecule has 1 aromatic heterocycles. The molecule has 0 radical (unpaired) electrons. The molecule has 10 nitrogen and oxygen atoms in total. The summed E-state index contributed by atoms with van der Waals surface area (Å²) in [4.78, 5) is 35.3. The minimum Gasteiger partial charge on any atom is -0.458 e. The third-order valence-corrected chi connectivity index (χ3v) is 7.31. The molecule has 2 heterocycles. The molecule has 228 valence electrons. The molecule has 0 bridgehead atoms. The Balaban J connectivity index is 1.18. The van der Waals surface area contributed by atoms with Crippen molar-refractivity contribution in [1.82, 2.24) is 14.8 Å². The maximum Gasteiger partial charge on any atom is 0.573 e. The highest BCUT2D eigenvalue weighted by atomic mass is 32.2. The van der Waals surface area contributed by atoms with E-state index < -0.39 is 12.4 Å². The maximum atomic E-state index is 12.8. The van der Waals surface area contributed by atoms with Gasteiger partial charge >= 0.3 is 18.4 Å². The van der Waals surface area contributed by atoms with E-state index in [1.165, 1.54) is 51.9 Å². The second-order valence-corrected chi connectivity index (χ2v) is 11.0. The molecule has 3 amide bonds. The number of nitrogens with zero attached hydrogens (tertiary/aromatic N) is 5. The number of amidine groups is 1. The largest absolute Gasteiger partial charge is 0.573 e. The SMILES string of the molecule is Cc1ccc(C(C)C)c(N2C(=O)CSC2=NC(=O)Nc2ccc(COc3ncn(-c4ccc(OC(F)(F)F)cc4)n3)cc2)c1. The van der Waals surface area contributed by atoms with Crippen LogP contribution in [0.2, 0.25) is 0 Å².